The molecule has 0 unspecified atom stereocenters. The third kappa shape index (κ3) is 4.43. The van der Waals surface area contributed by atoms with Crippen LogP contribution >= 0.6 is 0 Å². The highest BCUT2D eigenvalue weighted by atomic mass is 16.5. The van der Waals surface area contributed by atoms with Crippen molar-refractivity contribution < 1.29 is 4.74 Å². The molecule has 0 radical (unpaired) electrons. The quantitative estimate of drug-likeness (QED) is 0.799. The second kappa shape index (κ2) is 7.04. The molecular formula is C16H22N4O. The van der Waals surface area contributed by atoms with E-state index in [0.29, 0.717) is 19.1 Å². The second-order valence-electron chi connectivity index (χ2n) is 5.08. The summed E-state index contributed by atoms with van der Waals surface area (Å²) < 4.78 is 5.01. The minimum absolute atomic E-state index is 0.610. The van der Waals surface area contributed by atoms with Gasteiger partial charge < -0.3 is 15.4 Å². The van der Waals surface area contributed by atoms with Gasteiger partial charge in [0.25, 0.3) is 0 Å². The van der Waals surface area contributed by atoms with E-state index in [-0.39, 0.29) is 0 Å². The van der Waals surface area contributed by atoms with Crippen molar-refractivity contribution in [1.29, 1.82) is 0 Å². The Morgan fingerprint density at radius 1 is 1.10 bits per heavy atom. The smallest absolute Gasteiger partial charge is 0.224 e. The van der Waals surface area contributed by atoms with Gasteiger partial charge in [-0.25, -0.2) is 4.98 Å². The van der Waals surface area contributed by atoms with Gasteiger partial charge in [0, 0.05) is 31.1 Å². The maximum atomic E-state index is 5.01. The van der Waals surface area contributed by atoms with Crippen molar-refractivity contribution in [3.63, 3.8) is 0 Å². The van der Waals surface area contributed by atoms with E-state index < -0.39 is 0 Å². The highest BCUT2D eigenvalue weighted by Gasteiger charge is 2.04. The average Bonchev–Trinajstić information content (AvgIpc) is 2.42. The van der Waals surface area contributed by atoms with E-state index in [4.69, 9.17) is 4.74 Å². The van der Waals surface area contributed by atoms with Crippen LogP contribution in [0.2, 0.25) is 0 Å². The van der Waals surface area contributed by atoms with Crippen molar-refractivity contribution in [3.05, 3.63) is 41.1 Å². The molecule has 1 aromatic heterocycles. The fraction of sp³-hybridized carbons (Fsp3) is 0.375. The Bertz CT molecular complexity index is 613. The van der Waals surface area contributed by atoms with Gasteiger partial charge in [0.15, 0.2) is 0 Å². The molecule has 0 fully saturated rings. The van der Waals surface area contributed by atoms with Crippen LogP contribution in [0.15, 0.2) is 24.3 Å². The summed E-state index contributed by atoms with van der Waals surface area (Å²) in [4.78, 5) is 8.84. The van der Waals surface area contributed by atoms with Gasteiger partial charge in [-0.2, -0.15) is 4.98 Å². The van der Waals surface area contributed by atoms with Gasteiger partial charge in [-0.15, -0.1) is 0 Å². The molecule has 0 aliphatic heterocycles. The molecular weight excluding hydrogens is 264 g/mol. The Balaban J connectivity index is 2.15. The SMILES string of the molecule is COCCNc1nc(C)cc(Nc2ccc(C)cc2C)n1. The van der Waals surface area contributed by atoms with E-state index >= 15 is 0 Å². The predicted octanol–water partition coefficient (Wildman–Crippen LogP) is 3.20. The molecule has 0 atom stereocenters. The summed E-state index contributed by atoms with van der Waals surface area (Å²) in [7, 11) is 1.67. The summed E-state index contributed by atoms with van der Waals surface area (Å²) in [6, 6.07) is 8.23. The van der Waals surface area contributed by atoms with Crippen LogP contribution in [0.5, 0.6) is 0 Å². The number of hydrogen-bond donors (Lipinski definition) is 2. The fourth-order valence-electron chi connectivity index (χ4n) is 2.07. The maximum Gasteiger partial charge on any atom is 0.224 e. The molecule has 0 amide bonds. The molecule has 1 heterocycles. The van der Waals surface area contributed by atoms with Crippen LogP contribution in [0.3, 0.4) is 0 Å². The lowest BCUT2D eigenvalue weighted by atomic mass is 10.1. The molecule has 1 aromatic carbocycles. The van der Waals surface area contributed by atoms with Crippen LogP contribution in [0.25, 0.3) is 0 Å². The monoisotopic (exact) mass is 286 g/mol. The molecule has 2 aromatic rings. The third-order valence-corrected chi connectivity index (χ3v) is 3.09. The van der Waals surface area contributed by atoms with E-state index in [9.17, 15) is 0 Å². The summed E-state index contributed by atoms with van der Waals surface area (Å²) in [5.41, 5.74) is 4.41. The highest BCUT2D eigenvalue weighted by Crippen LogP contribution is 2.21. The lowest BCUT2D eigenvalue weighted by Crippen LogP contribution is -2.11. The molecule has 0 aliphatic rings. The molecule has 0 saturated carbocycles. The number of aryl methyl sites for hydroxylation is 3. The minimum Gasteiger partial charge on any atom is -0.383 e. The van der Waals surface area contributed by atoms with Crippen LogP contribution in [-0.4, -0.2) is 30.2 Å². The Hall–Kier alpha value is -2.14. The zero-order valence-electron chi connectivity index (χ0n) is 13.0. The van der Waals surface area contributed by atoms with Gasteiger partial charge in [-0.1, -0.05) is 17.7 Å². The number of benzene rings is 1. The summed E-state index contributed by atoms with van der Waals surface area (Å²) in [5.74, 6) is 1.40. The van der Waals surface area contributed by atoms with Gasteiger partial charge >= 0.3 is 0 Å². The Labute approximate surface area is 125 Å². The molecule has 0 bridgehead atoms. The van der Waals surface area contributed by atoms with Crippen molar-refractivity contribution in [2.45, 2.75) is 20.8 Å². The molecule has 2 rings (SSSR count). The third-order valence-electron chi connectivity index (χ3n) is 3.09. The fourth-order valence-corrected chi connectivity index (χ4v) is 2.07. The van der Waals surface area contributed by atoms with Crippen LogP contribution < -0.4 is 10.6 Å². The molecule has 0 aliphatic carbocycles. The van der Waals surface area contributed by atoms with Crippen LogP contribution in [0.4, 0.5) is 17.5 Å². The number of methoxy groups -OCH3 is 1. The van der Waals surface area contributed by atoms with E-state index in [1.165, 1.54) is 11.1 Å². The Kier molecular flexibility index (Phi) is 5.11. The number of aromatic nitrogens is 2. The maximum absolute atomic E-state index is 5.01. The zero-order chi connectivity index (χ0) is 15.2. The first-order chi connectivity index (χ1) is 10.1. The first-order valence-electron chi connectivity index (χ1n) is 7.01. The molecule has 5 heteroatoms. The molecule has 21 heavy (non-hydrogen) atoms. The van der Waals surface area contributed by atoms with Crippen molar-refractivity contribution >= 4 is 17.5 Å². The van der Waals surface area contributed by atoms with Gasteiger partial charge in [0.1, 0.15) is 5.82 Å². The number of nitrogens with zero attached hydrogens (tertiary/aromatic N) is 2. The molecule has 2 N–H and O–H groups in total. The number of anilines is 3. The normalized spacial score (nSPS) is 10.5. The van der Waals surface area contributed by atoms with E-state index in [1.54, 1.807) is 7.11 Å². The van der Waals surface area contributed by atoms with Crippen molar-refractivity contribution in [2.24, 2.45) is 0 Å². The summed E-state index contributed by atoms with van der Waals surface area (Å²) in [6.45, 7) is 7.43. The summed E-state index contributed by atoms with van der Waals surface area (Å²) in [6.07, 6.45) is 0. The van der Waals surface area contributed by atoms with Crippen molar-refractivity contribution in [2.75, 3.05) is 30.9 Å². The topological polar surface area (TPSA) is 59.1 Å². The lowest BCUT2D eigenvalue weighted by Gasteiger charge is -2.12. The van der Waals surface area contributed by atoms with Gasteiger partial charge in [0.2, 0.25) is 5.95 Å². The first-order valence-corrected chi connectivity index (χ1v) is 7.01. The second-order valence-corrected chi connectivity index (χ2v) is 5.08. The number of rotatable bonds is 6. The predicted molar refractivity (Wildman–Crippen MR) is 86.3 cm³/mol. The van der Waals surface area contributed by atoms with Gasteiger partial charge in [-0.05, 0) is 32.4 Å². The summed E-state index contributed by atoms with van der Waals surface area (Å²) in [5, 5.41) is 6.50. The van der Waals surface area contributed by atoms with Crippen molar-refractivity contribution in [1.82, 2.24) is 9.97 Å². The zero-order valence-corrected chi connectivity index (χ0v) is 13.0. The lowest BCUT2D eigenvalue weighted by molar-refractivity contribution is 0.210. The first kappa shape index (κ1) is 15.3. The average molecular weight is 286 g/mol. The van der Waals surface area contributed by atoms with Gasteiger partial charge in [0.05, 0.1) is 6.61 Å². The van der Waals surface area contributed by atoms with Crippen LogP contribution in [-0.2, 0) is 4.74 Å². The standard InChI is InChI=1S/C16H22N4O/c1-11-5-6-14(12(2)9-11)19-15-10-13(3)18-16(20-15)17-7-8-21-4/h5-6,9-10H,7-8H2,1-4H3,(H2,17,18,19,20). The largest absolute Gasteiger partial charge is 0.383 e. The number of hydrogen-bond acceptors (Lipinski definition) is 5. The Morgan fingerprint density at radius 2 is 1.90 bits per heavy atom. The minimum atomic E-state index is 0.610. The van der Waals surface area contributed by atoms with E-state index in [1.807, 2.05) is 13.0 Å². The Morgan fingerprint density at radius 3 is 2.62 bits per heavy atom. The van der Waals surface area contributed by atoms with Crippen LogP contribution in [0.1, 0.15) is 16.8 Å². The summed E-state index contributed by atoms with van der Waals surface area (Å²) >= 11 is 0. The van der Waals surface area contributed by atoms with E-state index in [0.717, 1.165) is 17.2 Å². The van der Waals surface area contributed by atoms with Crippen LogP contribution in [0, 0.1) is 20.8 Å². The number of ether oxygens (including phenoxy) is 1. The van der Waals surface area contributed by atoms with Gasteiger partial charge in [-0.3, -0.25) is 0 Å². The molecule has 112 valence electrons. The number of nitrogens with one attached hydrogen (secondary N) is 2. The van der Waals surface area contributed by atoms with E-state index in [2.05, 4.69) is 52.6 Å². The molecule has 0 spiro atoms. The molecule has 5 nitrogen and oxygen atoms in total. The highest BCUT2D eigenvalue weighted by molar-refractivity contribution is 5.61. The van der Waals surface area contributed by atoms with Crippen molar-refractivity contribution in [3.8, 4) is 0 Å². The molecule has 0 saturated heterocycles.